The summed E-state index contributed by atoms with van der Waals surface area (Å²) in [4.78, 5) is 0. The van der Waals surface area contributed by atoms with Gasteiger partial charge in [0, 0.05) is 19.1 Å². The third kappa shape index (κ3) is 2.99. The quantitative estimate of drug-likeness (QED) is 0.568. The molecule has 4 heteroatoms. The first-order valence-corrected chi connectivity index (χ1v) is 4.56. The molecule has 0 amide bonds. The van der Waals surface area contributed by atoms with Gasteiger partial charge in [-0.05, 0) is 25.2 Å². The Bertz CT molecular complexity index is 301. The van der Waals surface area contributed by atoms with Crippen molar-refractivity contribution in [3.63, 3.8) is 0 Å². The van der Waals surface area contributed by atoms with Crippen LogP contribution in [-0.2, 0) is 4.74 Å². The van der Waals surface area contributed by atoms with Crippen LogP contribution in [0, 0.1) is 6.92 Å². The van der Waals surface area contributed by atoms with Crippen molar-refractivity contribution in [1.29, 1.82) is 0 Å². The van der Waals surface area contributed by atoms with Gasteiger partial charge in [-0.25, -0.2) is 0 Å². The Morgan fingerprint density at radius 1 is 1.62 bits per heavy atom. The third-order valence-electron chi connectivity index (χ3n) is 1.55. The number of thiocarbonyl (C=S) groups is 1. The number of rotatable bonds is 2. The molecule has 0 spiro atoms. The monoisotopic (exact) mass is 197 g/mol. The summed E-state index contributed by atoms with van der Waals surface area (Å²) in [7, 11) is 0. The molecule has 1 heterocycles. The van der Waals surface area contributed by atoms with Crippen molar-refractivity contribution in [2.75, 3.05) is 12.0 Å². The smallest absolute Gasteiger partial charge is 0.312 e. The molecule has 0 unspecified atom stereocenters. The minimum Gasteiger partial charge on any atom is -0.468 e. The van der Waals surface area contributed by atoms with E-state index >= 15 is 0 Å². The van der Waals surface area contributed by atoms with E-state index in [2.05, 4.69) is 5.43 Å². The summed E-state index contributed by atoms with van der Waals surface area (Å²) in [5.74, 6) is 0. The highest BCUT2D eigenvalue weighted by Crippen LogP contribution is 1.86. The van der Waals surface area contributed by atoms with E-state index < -0.39 is 0 Å². The predicted octanol–water partition coefficient (Wildman–Crippen LogP) is 1.15. The molecule has 0 aliphatic heterocycles. The van der Waals surface area contributed by atoms with E-state index in [1.54, 1.807) is 0 Å². The molecule has 1 aromatic rings. The van der Waals surface area contributed by atoms with E-state index in [4.69, 9.17) is 17.0 Å². The summed E-state index contributed by atoms with van der Waals surface area (Å²) >= 11 is 4.94. The Morgan fingerprint density at radius 2 is 2.38 bits per heavy atom. The normalized spacial score (nSPS) is 9.38. The molecule has 1 aromatic heterocycles. The molecule has 0 fully saturated rings. The molecule has 0 aliphatic carbocycles. The summed E-state index contributed by atoms with van der Waals surface area (Å²) in [6.45, 7) is 4.47. The molecule has 70 valence electrons. The van der Waals surface area contributed by atoms with E-state index in [0.29, 0.717) is 11.8 Å². The molecule has 0 saturated heterocycles. The molecule has 0 atom stereocenters. The van der Waals surface area contributed by atoms with Crippen LogP contribution in [0.2, 0.25) is 0 Å². The SMILES string of the molecule is CCOC(=S)N[n+]1ccccc1C. The van der Waals surface area contributed by atoms with E-state index in [-0.39, 0.29) is 0 Å². The first-order chi connectivity index (χ1) is 6.24. The third-order valence-corrected chi connectivity index (χ3v) is 1.76. The maximum Gasteiger partial charge on any atom is 0.312 e. The van der Waals surface area contributed by atoms with Gasteiger partial charge in [-0.1, -0.05) is 4.68 Å². The van der Waals surface area contributed by atoms with Gasteiger partial charge in [0.25, 0.3) is 0 Å². The zero-order chi connectivity index (χ0) is 9.68. The van der Waals surface area contributed by atoms with Gasteiger partial charge in [-0.2, -0.15) is 0 Å². The van der Waals surface area contributed by atoms with Gasteiger partial charge in [0.15, 0.2) is 6.20 Å². The Balaban J connectivity index is 2.63. The van der Waals surface area contributed by atoms with Crippen LogP contribution in [0.15, 0.2) is 24.4 Å². The fraction of sp³-hybridized carbons (Fsp3) is 0.333. The second-order valence-corrected chi connectivity index (χ2v) is 2.92. The fourth-order valence-electron chi connectivity index (χ4n) is 0.916. The maximum atomic E-state index is 5.10. The van der Waals surface area contributed by atoms with Crippen LogP contribution >= 0.6 is 12.2 Å². The van der Waals surface area contributed by atoms with Crippen molar-refractivity contribution in [3.8, 4) is 0 Å². The van der Waals surface area contributed by atoms with Crippen molar-refractivity contribution in [2.45, 2.75) is 13.8 Å². The second-order valence-electron chi connectivity index (χ2n) is 2.54. The van der Waals surface area contributed by atoms with Crippen molar-refractivity contribution in [2.24, 2.45) is 0 Å². The number of pyridine rings is 1. The van der Waals surface area contributed by atoms with Crippen LogP contribution in [0.1, 0.15) is 12.6 Å². The molecule has 0 saturated carbocycles. The summed E-state index contributed by atoms with van der Waals surface area (Å²) in [5.41, 5.74) is 4.01. The van der Waals surface area contributed by atoms with Gasteiger partial charge in [0.05, 0.1) is 6.61 Å². The summed E-state index contributed by atoms with van der Waals surface area (Å²) < 4.78 is 6.92. The van der Waals surface area contributed by atoms with Gasteiger partial charge < -0.3 is 4.74 Å². The van der Waals surface area contributed by atoms with Crippen LogP contribution in [0.3, 0.4) is 0 Å². The van der Waals surface area contributed by atoms with E-state index in [9.17, 15) is 0 Å². The van der Waals surface area contributed by atoms with E-state index in [1.165, 1.54) is 0 Å². The highest BCUT2D eigenvalue weighted by atomic mass is 32.1. The molecular formula is C9H13N2OS+. The summed E-state index contributed by atoms with van der Waals surface area (Å²) in [5, 5.41) is 0.391. The zero-order valence-electron chi connectivity index (χ0n) is 7.78. The Labute approximate surface area is 83.3 Å². The van der Waals surface area contributed by atoms with Crippen LogP contribution < -0.4 is 10.1 Å². The standard InChI is InChI=1S/C9H12N2OS/c1-3-12-9(13)10-11-7-5-4-6-8(11)2/h4-7H,3H2,1-2H3/p+1. The lowest BCUT2D eigenvalue weighted by atomic mass is 10.4. The number of nitrogens with zero attached hydrogens (tertiary/aromatic N) is 1. The number of ether oxygens (including phenoxy) is 1. The molecule has 1 N–H and O–H groups in total. The first-order valence-electron chi connectivity index (χ1n) is 4.15. The van der Waals surface area contributed by atoms with Gasteiger partial charge in [-0.3, -0.25) is 0 Å². The minimum atomic E-state index is 0.391. The van der Waals surface area contributed by atoms with Crippen molar-refractivity contribution in [1.82, 2.24) is 0 Å². The molecule has 0 radical (unpaired) electrons. The zero-order valence-corrected chi connectivity index (χ0v) is 8.60. The number of aryl methyl sites for hydroxylation is 1. The lowest BCUT2D eigenvalue weighted by Gasteiger charge is -2.03. The second kappa shape index (κ2) is 4.77. The van der Waals surface area contributed by atoms with Gasteiger partial charge in [0.2, 0.25) is 5.69 Å². The average Bonchev–Trinajstić information content (AvgIpc) is 2.09. The molecule has 0 aromatic carbocycles. The highest BCUT2D eigenvalue weighted by molar-refractivity contribution is 7.80. The number of hydrogen-bond acceptors (Lipinski definition) is 2. The molecular weight excluding hydrogens is 184 g/mol. The lowest BCUT2D eigenvalue weighted by Crippen LogP contribution is -2.50. The molecule has 13 heavy (non-hydrogen) atoms. The van der Waals surface area contributed by atoms with Crippen LogP contribution in [-0.4, -0.2) is 11.8 Å². The van der Waals surface area contributed by atoms with Crippen LogP contribution in [0.5, 0.6) is 0 Å². The number of aromatic nitrogens is 1. The van der Waals surface area contributed by atoms with Gasteiger partial charge in [-0.15, -0.1) is 5.43 Å². The van der Waals surface area contributed by atoms with Crippen LogP contribution in [0.4, 0.5) is 0 Å². The highest BCUT2D eigenvalue weighted by Gasteiger charge is 2.06. The molecule has 0 bridgehead atoms. The molecule has 0 aliphatic rings. The first kappa shape index (κ1) is 9.92. The number of nitrogens with one attached hydrogen (secondary N) is 1. The van der Waals surface area contributed by atoms with E-state index in [1.807, 2.05) is 42.9 Å². The lowest BCUT2D eigenvalue weighted by molar-refractivity contribution is -0.647. The van der Waals surface area contributed by atoms with Gasteiger partial charge >= 0.3 is 5.17 Å². The summed E-state index contributed by atoms with van der Waals surface area (Å²) in [6.07, 6.45) is 1.89. The predicted molar refractivity (Wildman–Crippen MR) is 55.0 cm³/mol. The average molecular weight is 197 g/mol. The van der Waals surface area contributed by atoms with Crippen molar-refractivity contribution < 1.29 is 9.41 Å². The fourth-order valence-corrected chi connectivity index (χ4v) is 1.13. The largest absolute Gasteiger partial charge is 0.468 e. The maximum absolute atomic E-state index is 5.10. The summed E-state index contributed by atoms with van der Waals surface area (Å²) in [6, 6.07) is 5.88. The topological polar surface area (TPSA) is 25.1 Å². The number of hydrogen-bond donors (Lipinski definition) is 1. The Hall–Kier alpha value is -1.16. The van der Waals surface area contributed by atoms with Crippen molar-refractivity contribution in [3.05, 3.63) is 30.1 Å². The van der Waals surface area contributed by atoms with Crippen LogP contribution in [0.25, 0.3) is 0 Å². The molecule has 3 nitrogen and oxygen atoms in total. The van der Waals surface area contributed by atoms with Gasteiger partial charge in [0.1, 0.15) is 0 Å². The Morgan fingerprint density at radius 3 is 3.00 bits per heavy atom. The van der Waals surface area contributed by atoms with E-state index in [0.717, 1.165) is 5.69 Å². The Kier molecular flexibility index (Phi) is 3.64. The molecule has 1 rings (SSSR count). The minimum absolute atomic E-state index is 0.391. The van der Waals surface area contributed by atoms with Crippen molar-refractivity contribution >= 4 is 17.4 Å².